The molecule has 1 atom stereocenters. The fourth-order valence-electron chi connectivity index (χ4n) is 1.50. The molecule has 0 spiro atoms. The molecule has 2 aromatic rings. The van der Waals surface area contributed by atoms with Gasteiger partial charge in [0.1, 0.15) is 11.6 Å². The van der Waals surface area contributed by atoms with E-state index in [0.717, 1.165) is 5.39 Å². The number of fused-ring (bicyclic) bond motifs is 1. The number of aliphatic hydroxyl groups is 2. The van der Waals surface area contributed by atoms with Crippen LogP contribution in [0.25, 0.3) is 10.9 Å². The SMILES string of the molecule is OC[C@H](O)CNc1ccc2cc(Br)c(F)cc2n1. The second-order valence-corrected chi connectivity index (χ2v) is 4.73. The highest BCUT2D eigenvalue weighted by Gasteiger charge is 2.05. The predicted octanol–water partition coefficient (Wildman–Crippen LogP) is 1.90. The molecule has 0 saturated heterocycles. The van der Waals surface area contributed by atoms with Gasteiger partial charge in [-0.1, -0.05) is 0 Å². The topological polar surface area (TPSA) is 65.4 Å². The van der Waals surface area contributed by atoms with Crippen molar-refractivity contribution in [2.24, 2.45) is 0 Å². The molecule has 18 heavy (non-hydrogen) atoms. The molecule has 0 amide bonds. The highest BCUT2D eigenvalue weighted by Crippen LogP contribution is 2.23. The average Bonchev–Trinajstić information content (AvgIpc) is 2.37. The number of halogens is 2. The Balaban J connectivity index is 2.24. The second kappa shape index (κ2) is 5.60. The zero-order chi connectivity index (χ0) is 13.1. The van der Waals surface area contributed by atoms with Gasteiger partial charge in [0.15, 0.2) is 0 Å². The minimum Gasteiger partial charge on any atom is -0.394 e. The molecule has 0 radical (unpaired) electrons. The van der Waals surface area contributed by atoms with E-state index in [-0.39, 0.29) is 19.0 Å². The van der Waals surface area contributed by atoms with Crippen molar-refractivity contribution < 1.29 is 14.6 Å². The molecule has 0 aliphatic heterocycles. The lowest BCUT2D eigenvalue weighted by molar-refractivity contribution is 0.105. The predicted molar refractivity (Wildman–Crippen MR) is 71.0 cm³/mol. The molecular weight excluding hydrogens is 303 g/mol. The molecule has 96 valence electrons. The Morgan fingerprint density at radius 1 is 1.39 bits per heavy atom. The monoisotopic (exact) mass is 314 g/mol. The third-order valence-corrected chi connectivity index (χ3v) is 3.07. The van der Waals surface area contributed by atoms with E-state index in [4.69, 9.17) is 5.11 Å². The summed E-state index contributed by atoms with van der Waals surface area (Å²) in [6.45, 7) is -0.129. The van der Waals surface area contributed by atoms with E-state index in [1.165, 1.54) is 6.07 Å². The van der Waals surface area contributed by atoms with Crippen LogP contribution in [0.3, 0.4) is 0 Å². The van der Waals surface area contributed by atoms with Crippen LogP contribution in [0.2, 0.25) is 0 Å². The summed E-state index contributed by atoms with van der Waals surface area (Å²) in [5.41, 5.74) is 0.527. The van der Waals surface area contributed by atoms with Crippen molar-refractivity contribution in [2.75, 3.05) is 18.5 Å². The number of anilines is 1. The van der Waals surface area contributed by atoms with Crippen LogP contribution >= 0.6 is 15.9 Å². The summed E-state index contributed by atoms with van der Waals surface area (Å²) < 4.78 is 13.8. The standard InChI is InChI=1S/C12H12BrFN2O2/c13-9-3-7-1-2-12(15-5-8(18)6-17)16-11(7)4-10(9)14/h1-4,8,17-18H,5-6H2,(H,15,16)/t8-/m1/s1. The van der Waals surface area contributed by atoms with Crippen molar-refractivity contribution in [3.63, 3.8) is 0 Å². The van der Waals surface area contributed by atoms with Crippen molar-refractivity contribution in [3.05, 3.63) is 34.6 Å². The summed E-state index contributed by atoms with van der Waals surface area (Å²) in [7, 11) is 0. The van der Waals surface area contributed by atoms with Gasteiger partial charge in [0, 0.05) is 18.0 Å². The van der Waals surface area contributed by atoms with Gasteiger partial charge in [-0.2, -0.15) is 0 Å². The number of nitrogens with zero attached hydrogens (tertiary/aromatic N) is 1. The minimum atomic E-state index is -0.843. The number of pyridine rings is 1. The molecule has 0 saturated carbocycles. The minimum absolute atomic E-state index is 0.189. The quantitative estimate of drug-likeness (QED) is 0.806. The number of hydrogen-bond acceptors (Lipinski definition) is 4. The summed E-state index contributed by atoms with van der Waals surface area (Å²) in [4.78, 5) is 4.22. The Morgan fingerprint density at radius 3 is 2.89 bits per heavy atom. The van der Waals surface area contributed by atoms with Gasteiger partial charge < -0.3 is 15.5 Å². The van der Waals surface area contributed by atoms with E-state index >= 15 is 0 Å². The molecule has 2 rings (SSSR count). The fraction of sp³-hybridized carbons (Fsp3) is 0.250. The van der Waals surface area contributed by atoms with Gasteiger partial charge in [0.2, 0.25) is 0 Å². The average molecular weight is 315 g/mol. The van der Waals surface area contributed by atoms with Crippen LogP contribution < -0.4 is 5.32 Å². The fourth-order valence-corrected chi connectivity index (χ4v) is 1.86. The van der Waals surface area contributed by atoms with E-state index in [1.54, 1.807) is 18.2 Å². The first-order chi connectivity index (χ1) is 8.60. The smallest absolute Gasteiger partial charge is 0.139 e. The number of rotatable bonds is 4. The van der Waals surface area contributed by atoms with Crippen LogP contribution in [0.5, 0.6) is 0 Å². The van der Waals surface area contributed by atoms with Gasteiger partial charge in [-0.05, 0) is 34.1 Å². The summed E-state index contributed by atoms with van der Waals surface area (Å²) >= 11 is 3.11. The number of hydrogen-bond donors (Lipinski definition) is 3. The van der Waals surface area contributed by atoms with Crippen molar-refractivity contribution >= 4 is 32.7 Å². The maximum absolute atomic E-state index is 13.4. The third kappa shape index (κ3) is 2.95. The first-order valence-corrected chi connectivity index (χ1v) is 6.18. The highest BCUT2D eigenvalue weighted by atomic mass is 79.9. The van der Waals surface area contributed by atoms with Crippen molar-refractivity contribution in [1.29, 1.82) is 0 Å². The van der Waals surface area contributed by atoms with Crippen LogP contribution in [0, 0.1) is 5.82 Å². The van der Waals surface area contributed by atoms with Gasteiger partial charge in [0.05, 0.1) is 22.7 Å². The molecule has 1 heterocycles. The van der Waals surface area contributed by atoms with E-state index in [1.807, 2.05) is 0 Å². The lowest BCUT2D eigenvalue weighted by atomic mass is 10.2. The van der Waals surface area contributed by atoms with Crippen LogP contribution in [-0.2, 0) is 0 Å². The van der Waals surface area contributed by atoms with E-state index in [0.29, 0.717) is 15.8 Å². The van der Waals surface area contributed by atoms with Gasteiger partial charge in [-0.15, -0.1) is 0 Å². The van der Waals surface area contributed by atoms with Gasteiger partial charge in [-0.3, -0.25) is 0 Å². The second-order valence-electron chi connectivity index (χ2n) is 3.87. The van der Waals surface area contributed by atoms with Crippen molar-refractivity contribution in [2.45, 2.75) is 6.10 Å². The Labute approximate surface area is 112 Å². The van der Waals surface area contributed by atoms with Crippen molar-refractivity contribution in [3.8, 4) is 0 Å². The Kier molecular flexibility index (Phi) is 4.11. The van der Waals surface area contributed by atoms with Crippen LogP contribution in [0.4, 0.5) is 10.2 Å². The lowest BCUT2D eigenvalue weighted by Gasteiger charge is -2.10. The number of nitrogens with one attached hydrogen (secondary N) is 1. The Hall–Kier alpha value is -1.24. The number of aliphatic hydroxyl groups excluding tert-OH is 2. The van der Waals surface area contributed by atoms with E-state index in [2.05, 4.69) is 26.2 Å². The molecule has 0 aliphatic carbocycles. The largest absolute Gasteiger partial charge is 0.394 e. The number of benzene rings is 1. The Bertz CT molecular complexity index is 565. The summed E-state index contributed by atoms with van der Waals surface area (Å²) in [6.07, 6.45) is -0.843. The molecular formula is C12H12BrFN2O2. The third-order valence-electron chi connectivity index (χ3n) is 2.46. The molecule has 0 bridgehead atoms. The molecule has 3 N–H and O–H groups in total. The van der Waals surface area contributed by atoms with Crippen LogP contribution in [0.15, 0.2) is 28.7 Å². The number of aromatic nitrogens is 1. The van der Waals surface area contributed by atoms with Gasteiger partial charge >= 0.3 is 0 Å². The van der Waals surface area contributed by atoms with Crippen molar-refractivity contribution in [1.82, 2.24) is 4.98 Å². The molecule has 4 nitrogen and oxygen atoms in total. The molecule has 0 fully saturated rings. The first kappa shape index (κ1) is 13.2. The summed E-state index contributed by atoms with van der Waals surface area (Å²) in [6, 6.07) is 6.54. The molecule has 0 aliphatic rings. The zero-order valence-corrected chi connectivity index (χ0v) is 11.0. The summed E-state index contributed by atoms with van der Waals surface area (Å²) in [5, 5.41) is 21.6. The van der Waals surface area contributed by atoms with Gasteiger partial charge in [0.25, 0.3) is 0 Å². The van der Waals surface area contributed by atoms with Gasteiger partial charge in [-0.25, -0.2) is 9.37 Å². The summed E-state index contributed by atoms with van der Waals surface area (Å²) in [5.74, 6) is 0.152. The molecule has 1 aromatic heterocycles. The van der Waals surface area contributed by atoms with E-state index < -0.39 is 6.10 Å². The molecule has 0 unspecified atom stereocenters. The molecule has 6 heteroatoms. The first-order valence-electron chi connectivity index (χ1n) is 5.39. The molecule has 1 aromatic carbocycles. The zero-order valence-electron chi connectivity index (χ0n) is 9.40. The highest BCUT2D eigenvalue weighted by molar-refractivity contribution is 9.10. The normalized spacial score (nSPS) is 12.7. The maximum Gasteiger partial charge on any atom is 0.139 e. The Morgan fingerprint density at radius 2 is 2.17 bits per heavy atom. The van der Waals surface area contributed by atoms with E-state index in [9.17, 15) is 9.50 Å². The lowest BCUT2D eigenvalue weighted by Crippen LogP contribution is -2.23. The maximum atomic E-state index is 13.4. The van der Waals surface area contributed by atoms with Crippen LogP contribution in [-0.4, -0.2) is 34.5 Å². The van der Waals surface area contributed by atoms with Crippen LogP contribution in [0.1, 0.15) is 0 Å².